The van der Waals surface area contributed by atoms with Crippen LogP contribution in [0.15, 0.2) is 6.20 Å². The Hall–Kier alpha value is -1.83. The van der Waals surface area contributed by atoms with Crippen LogP contribution in [0.2, 0.25) is 0 Å². The van der Waals surface area contributed by atoms with E-state index in [1.165, 1.54) is 6.20 Å². The molecule has 0 spiro atoms. The van der Waals surface area contributed by atoms with E-state index in [9.17, 15) is 4.79 Å². The molecule has 1 aromatic rings. The minimum absolute atomic E-state index is 0.112. The van der Waals surface area contributed by atoms with Crippen LogP contribution in [0.5, 0.6) is 0 Å². The summed E-state index contributed by atoms with van der Waals surface area (Å²) >= 11 is 0. The number of nitrogen functional groups attached to an aromatic ring is 1. The van der Waals surface area contributed by atoms with Gasteiger partial charge in [0.2, 0.25) is 0 Å². The van der Waals surface area contributed by atoms with E-state index in [0.29, 0.717) is 0 Å². The number of aromatic nitrogens is 2. The molecule has 0 radical (unpaired) electrons. The fourth-order valence-electron chi connectivity index (χ4n) is 0.864. The van der Waals surface area contributed by atoms with Gasteiger partial charge >= 0.3 is 0 Å². The average molecular weight is 178 g/mol. The van der Waals surface area contributed by atoms with Crippen LogP contribution >= 0.6 is 0 Å². The Labute approximate surface area is 75.8 Å². The number of hydrogen-bond acceptors (Lipinski definition) is 4. The Bertz CT molecular complexity index is 372. The van der Waals surface area contributed by atoms with Gasteiger partial charge in [0, 0.05) is 5.92 Å². The number of nitrogens with zero attached hydrogens (tertiary/aromatic N) is 3. The normalized spacial score (nSPS) is 10.0. The summed E-state index contributed by atoms with van der Waals surface area (Å²) in [6.45, 7) is 3.49. The van der Waals surface area contributed by atoms with Gasteiger partial charge in [-0.1, -0.05) is 13.8 Å². The Balaban J connectivity index is 3.11. The topological polar surface area (TPSA) is 84.7 Å². The smallest absolute Gasteiger partial charge is 0.251 e. The SMILES string of the molecule is CC(C)C(=O)n1ncc(C#N)c1N. The second-order valence-corrected chi connectivity index (χ2v) is 2.96. The van der Waals surface area contributed by atoms with Crippen LogP contribution in [-0.4, -0.2) is 15.7 Å². The molecule has 0 amide bonds. The molecular weight excluding hydrogens is 168 g/mol. The summed E-state index contributed by atoms with van der Waals surface area (Å²) in [5, 5.41) is 12.3. The first-order chi connectivity index (χ1) is 6.07. The van der Waals surface area contributed by atoms with E-state index in [1.54, 1.807) is 13.8 Å². The highest BCUT2D eigenvalue weighted by molar-refractivity contribution is 5.83. The van der Waals surface area contributed by atoms with E-state index >= 15 is 0 Å². The predicted molar refractivity (Wildman–Crippen MR) is 46.8 cm³/mol. The van der Waals surface area contributed by atoms with Crippen molar-refractivity contribution in [2.75, 3.05) is 5.73 Å². The van der Waals surface area contributed by atoms with E-state index in [4.69, 9.17) is 11.0 Å². The van der Waals surface area contributed by atoms with Crippen molar-refractivity contribution in [1.29, 1.82) is 5.26 Å². The summed E-state index contributed by atoms with van der Waals surface area (Å²) in [7, 11) is 0. The van der Waals surface area contributed by atoms with Gasteiger partial charge in [-0.3, -0.25) is 4.79 Å². The highest BCUT2D eigenvalue weighted by Crippen LogP contribution is 2.11. The molecule has 1 rings (SSSR count). The number of rotatable bonds is 1. The van der Waals surface area contributed by atoms with Crippen LogP contribution in [0.1, 0.15) is 24.2 Å². The molecule has 0 aliphatic heterocycles. The van der Waals surface area contributed by atoms with E-state index < -0.39 is 0 Å². The maximum atomic E-state index is 11.4. The van der Waals surface area contributed by atoms with Crippen LogP contribution in [0.25, 0.3) is 0 Å². The summed E-state index contributed by atoms with van der Waals surface area (Å²) in [5.41, 5.74) is 5.74. The lowest BCUT2D eigenvalue weighted by atomic mass is 10.2. The molecule has 0 bridgehead atoms. The minimum Gasteiger partial charge on any atom is -0.382 e. The Kier molecular flexibility index (Phi) is 2.33. The fourth-order valence-corrected chi connectivity index (χ4v) is 0.864. The quantitative estimate of drug-likeness (QED) is 0.683. The summed E-state index contributed by atoms with van der Waals surface area (Å²) in [6, 6.07) is 1.85. The maximum absolute atomic E-state index is 11.4. The molecule has 1 aromatic heterocycles. The molecule has 0 aromatic carbocycles. The van der Waals surface area contributed by atoms with Gasteiger partial charge in [-0.05, 0) is 0 Å². The molecule has 0 saturated carbocycles. The monoisotopic (exact) mass is 178 g/mol. The van der Waals surface area contributed by atoms with E-state index in [-0.39, 0.29) is 23.2 Å². The molecule has 0 aliphatic carbocycles. The number of carbonyl (C=O) groups excluding carboxylic acids is 1. The number of nitriles is 1. The number of carbonyl (C=O) groups is 1. The lowest BCUT2D eigenvalue weighted by molar-refractivity contribution is 0.0842. The molecule has 0 atom stereocenters. The molecule has 5 heteroatoms. The van der Waals surface area contributed by atoms with Gasteiger partial charge in [-0.25, -0.2) is 0 Å². The minimum atomic E-state index is -0.209. The van der Waals surface area contributed by atoms with E-state index in [1.807, 2.05) is 6.07 Å². The molecule has 68 valence electrons. The second kappa shape index (κ2) is 3.27. The van der Waals surface area contributed by atoms with Gasteiger partial charge in [0.25, 0.3) is 5.91 Å². The molecule has 0 aliphatic rings. The van der Waals surface area contributed by atoms with Crippen LogP contribution in [-0.2, 0) is 0 Å². The molecule has 0 fully saturated rings. The van der Waals surface area contributed by atoms with Crippen molar-refractivity contribution in [3.63, 3.8) is 0 Å². The number of nitrogens with two attached hydrogens (primary N) is 1. The van der Waals surface area contributed by atoms with Gasteiger partial charge in [0.15, 0.2) is 0 Å². The zero-order chi connectivity index (χ0) is 10.0. The molecular formula is C8H10N4O. The zero-order valence-corrected chi connectivity index (χ0v) is 7.48. The molecule has 0 saturated heterocycles. The van der Waals surface area contributed by atoms with Gasteiger partial charge in [-0.15, -0.1) is 0 Å². The summed E-state index contributed by atoms with van der Waals surface area (Å²) < 4.78 is 1.06. The third-order valence-electron chi connectivity index (χ3n) is 1.63. The zero-order valence-electron chi connectivity index (χ0n) is 7.48. The lowest BCUT2D eigenvalue weighted by Gasteiger charge is -2.04. The van der Waals surface area contributed by atoms with Crippen molar-refractivity contribution < 1.29 is 4.79 Å². The maximum Gasteiger partial charge on any atom is 0.251 e. The number of anilines is 1. The standard InChI is InChI=1S/C8H10N4O/c1-5(2)8(13)12-7(10)6(3-9)4-11-12/h4-5H,10H2,1-2H3. The van der Waals surface area contributed by atoms with Crippen LogP contribution in [0.4, 0.5) is 5.82 Å². The van der Waals surface area contributed by atoms with Crippen molar-refractivity contribution in [1.82, 2.24) is 9.78 Å². The third-order valence-corrected chi connectivity index (χ3v) is 1.63. The van der Waals surface area contributed by atoms with Crippen LogP contribution in [0, 0.1) is 17.2 Å². The largest absolute Gasteiger partial charge is 0.382 e. The van der Waals surface area contributed by atoms with Crippen LogP contribution < -0.4 is 5.73 Å². The number of hydrogen-bond donors (Lipinski definition) is 1. The van der Waals surface area contributed by atoms with Crippen LogP contribution in [0.3, 0.4) is 0 Å². The highest BCUT2D eigenvalue weighted by atomic mass is 16.2. The van der Waals surface area contributed by atoms with Gasteiger partial charge in [0.1, 0.15) is 17.5 Å². The molecule has 0 unspecified atom stereocenters. The van der Waals surface area contributed by atoms with E-state index in [2.05, 4.69) is 5.10 Å². The van der Waals surface area contributed by atoms with Crippen molar-refractivity contribution in [3.05, 3.63) is 11.8 Å². The first kappa shape index (κ1) is 9.26. The summed E-state index contributed by atoms with van der Waals surface area (Å²) in [5.74, 6) is -0.283. The third kappa shape index (κ3) is 1.51. The Morgan fingerprint density at radius 3 is 2.77 bits per heavy atom. The highest BCUT2D eigenvalue weighted by Gasteiger charge is 2.15. The summed E-state index contributed by atoms with van der Waals surface area (Å²) in [6.07, 6.45) is 1.29. The van der Waals surface area contributed by atoms with Crippen molar-refractivity contribution in [3.8, 4) is 6.07 Å². The van der Waals surface area contributed by atoms with Crippen molar-refractivity contribution in [2.45, 2.75) is 13.8 Å². The molecule has 13 heavy (non-hydrogen) atoms. The van der Waals surface area contributed by atoms with Gasteiger partial charge in [-0.2, -0.15) is 15.0 Å². The van der Waals surface area contributed by atoms with E-state index in [0.717, 1.165) is 4.68 Å². The average Bonchev–Trinajstić information content (AvgIpc) is 2.45. The van der Waals surface area contributed by atoms with Crippen molar-refractivity contribution in [2.24, 2.45) is 5.92 Å². The first-order valence-corrected chi connectivity index (χ1v) is 3.85. The van der Waals surface area contributed by atoms with Gasteiger partial charge in [0.05, 0.1) is 6.20 Å². The first-order valence-electron chi connectivity index (χ1n) is 3.85. The molecule has 1 heterocycles. The molecule has 2 N–H and O–H groups in total. The lowest BCUT2D eigenvalue weighted by Crippen LogP contribution is -2.20. The van der Waals surface area contributed by atoms with Gasteiger partial charge < -0.3 is 5.73 Å². The fraction of sp³-hybridized carbons (Fsp3) is 0.375. The predicted octanol–water partition coefficient (Wildman–Crippen LogP) is 0.633. The van der Waals surface area contributed by atoms with Crippen molar-refractivity contribution >= 4 is 11.7 Å². The Morgan fingerprint density at radius 2 is 2.38 bits per heavy atom. The summed E-state index contributed by atoms with van der Waals surface area (Å²) in [4.78, 5) is 11.4. The Morgan fingerprint density at radius 1 is 1.77 bits per heavy atom. The molecule has 5 nitrogen and oxygen atoms in total. The second-order valence-electron chi connectivity index (χ2n) is 2.96.